The maximum absolute atomic E-state index is 8.90. The summed E-state index contributed by atoms with van der Waals surface area (Å²) in [6.07, 6.45) is 0. The van der Waals surface area contributed by atoms with Crippen LogP contribution in [0, 0.1) is 0 Å². The molecule has 0 aliphatic heterocycles. The first-order chi connectivity index (χ1) is 6.76. The molecule has 0 saturated heterocycles. The first-order valence-electron chi connectivity index (χ1n) is 4.77. The molecule has 0 aromatic heterocycles. The van der Waals surface area contributed by atoms with Crippen molar-refractivity contribution in [2.45, 2.75) is 23.6 Å². The minimum absolute atomic E-state index is 0.225. The van der Waals surface area contributed by atoms with Gasteiger partial charge in [0.15, 0.2) is 0 Å². The number of hydrogen-bond donors (Lipinski definition) is 2. The number of aliphatic hydroxyl groups excluding tert-OH is 1. The zero-order chi connectivity index (χ0) is 10.4. The highest BCUT2D eigenvalue weighted by Crippen LogP contribution is 2.22. The van der Waals surface area contributed by atoms with Gasteiger partial charge in [-0.2, -0.15) is 0 Å². The summed E-state index contributed by atoms with van der Waals surface area (Å²) in [7, 11) is 1.94. The summed E-state index contributed by atoms with van der Waals surface area (Å²) in [6.45, 7) is 3.15. The van der Waals surface area contributed by atoms with E-state index in [1.54, 1.807) is 11.8 Å². The second kappa shape index (κ2) is 6.06. The van der Waals surface area contributed by atoms with Crippen LogP contribution in [0.2, 0.25) is 0 Å². The Hall–Kier alpha value is -0.510. The molecule has 78 valence electrons. The molecule has 2 nitrogen and oxygen atoms in total. The molecule has 0 bridgehead atoms. The molecule has 1 unspecified atom stereocenters. The average Bonchev–Trinajstić information content (AvgIpc) is 2.21. The topological polar surface area (TPSA) is 32.3 Å². The van der Waals surface area contributed by atoms with Crippen molar-refractivity contribution < 1.29 is 5.11 Å². The van der Waals surface area contributed by atoms with Crippen LogP contribution >= 0.6 is 11.8 Å². The van der Waals surface area contributed by atoms with Crippen molar-refractivity contribution in [1.29, 1.82) is 0 Å². The fraction of sp³-hybridized carbons (Fsp3) is 0.455. The van der Waals surface area contributed by atoms with E-state index in [1.165, 1.54) is 10.5 Å². The van der Waals surface area contributed by atoms with Crippen LogP contribution in [-0.2, 0) is 6.54 Å². The zero-order valence-electron chi connectivity index (χ0n) is 8.66. The first kappa shape index (κ1) is 11.6. The van der Waals surface area contributed by atoms with Crippen LogP contribution in [0.1, 0.15) is 12.5 Å². The fourth-order valence-corrected chi connectivity index (χ4v) is 1.99. The molecule has 3 heteroatoms. The van der Waals surface area contributed by atoms with Crippen LogP contribution in [0.4, 0.5) is 0 Å². The van der Waals surface area contributed by atoms with Crippen molar-refractivity contribution in [2.75, 3.05) is 13.7 Å². The molecule has 0 heterocycles. The molecule has 0 saturated carbocycles. The lowest BCUT2D eigenvalue weighted by atomic mass is 10.2. The lowest BCUT2D eigenvalue weighted by molar-refractivity contribution is 0.300. The predicted molar refractivity (Wildman–Crippen MR) is 61.6 cm³/mol. The third-order valence-corrected chi connectivity index (χ3v) is 2.99. The smallest absolute Gasteiger partial charge is 0.0550 e. The van der Waals surface area contributed by atoms with E-state index >= 15 is 0 Å². The SMILES string of the molecule is CNCc1ccc(SC(C)CO)cc1. The van der Waals surface area contributed by atoms with Crippen LogP contribution < -0.4 is 5.32 Å². The number of aliphatic hydroxyl groups is 1. The Morgan fingerprint density at radius 3 is 2.50 bits per heavy atom. The molecule has 14 heavy (non-hydrogen) atoms. The third kappa shape index (κ3) is 3.70. The summed E-state index contributed by atoms with van der Waals surface area (Å²) in [5.41, 5.74) is 1.29. The van der Waals surface area contributed by atoms with E-state index in [-0.39, 0.29) is 11.9 Å². The van der Waals surface area contributed by atoms with E-state index in [0.717, 1.165) is 6.54 Å². The summed E-state index contributed by atoms with van der Waals surface area (Å²) in [4.78, 5) is 1.21. The second-order valence-electron chi connectivity index (χ2n) is 3.29. The number of rotatable bonds is 5. The van der Waals surface area contributed by atoms with Gasteiger partial charge in [-0.25, -0.2) is 0 Å². The van der Waals surface area contributed by atoms with Gasteiger partial charge in [0.05, 0.1) is 6.61 Å². The predicted octanol–water partition coefficient (Wildman–Crippen LogP) is 1.88. The van der Waals surface area contributed by atoms with E-state index in [0.29, 0.717) is 0 Å². The maximum Gasteiger partial charge on any atom is 0.0550 e. The van der Waals surface area contributed by atoms with E-state index in [2.05, 4.69) is 29.6 Å². The second-order valence-corrected chi connectivity index (χ2v) is 4.80. The minimum Gasteiger partial charge on any atom is -0.395 e. The summed E-state index contributed by atoms with van der Waals surface area (Å²) < 4.78 is 0. The Balaban J connectivity index is 2.54. The van der Waals surface area contributed by atoms with Crippen LogP contribution in [-0.4, -0.2) is 24.0 Å². The van der Waals surface area contributed by atoms with Gasteiger partial charge in [-0.05, 0) is 24.7 Å². The van der Waals surface area contributed by atoms with E-state index < -0.39 is 0 Å². The Labute approximate surface area is 89.7 Å². The number of hydrogen-bond acceptors (Lipinski definition) is 3. The van der Waals surface area contributed by atoms with Crippen LogP contribution in [0.5, 0.6) is 0 Å². The molecule has 1 aromatic rings. The normalized spacial score (nSPS) is 12.8. The molecule has 0 fully saturated rings. The summed E-state index contributed by atoms with van der Waals surface area (Å²) >= 11 is 1.70. The van der Waals surface area contributed by atoms with E-state index in [9.17, 15) is 0 Å². The molecule has 1 rings (SSSR count). The van der Waals surface area contributed by atoms with Gasteiger partial charge in [0, 0.05) is 16.7 Å². The summed E-state index contributed by atoms with van der Waals surface area (Å²) in [6, 6.07) is 8.43. The molecule has 0 radical (unpaired) electrons. The number of thioether (sulfide) groups is 1. The lowest BCUT2D eigenvalue weighted by Gasteiger charge is -2.07. The molecule has 1 aromatic carbocycles. The summed E-state index contributed by atoms with van der Waals surface area (Å²) in [5.74, 6) is 0. The third-order valence-electron chi connectivity index (χ3n) is 1.90. The molecule has 2 N–H and O–H groups in total. The lowest BCUT2D eigenvalue weighted by Crippen LogP contribution is -2.05. The standard InChI is InChI=1S/C11H17NOS/c1-9(8-13)14-11-5-3-10(4-6-11)7-12-2/h3-6,9,12-13H,7-8H2,1-2H3. The molecule has 0 spiro atoms. The van der Waals surface area contributed by atoms with Gasteiger partial charge in [0.25, 0.3) is 0 Å². The van der Waals surface area contributed by atoms with Gasteiger partial charge in [-0.1, -0.05) is 19.1 Å². The van der Waals surface area contributed by atoms with Crippen molar-refractivity contribution in [3.63, 3.8) is 0 Å². The Bertz CT molecular complexity index is 260. The van der Waals surface area contributed by atoms with E-state index in [4.69, 9.17) is 5.11 Å². The summed E-state index contributed by atoms with van der Waals surface area (Å²) in [5, 5.41) is 12.3. The zero-order valence-corrected chi connectivity index (χ0v) is 9.47. The van der Waals surface area contributed by atoms with Crippen LogP contribution in [0.15, 0.2) is 29.2 Å². The average molecular weight is 211 g/mol. The van der Waals surface area contributed by atoms with Gasteiger partial charge in [-0.15, -0.1) is 11.8 Å². The first-order valence-corrected chi connectivity index (χ1v) is 5.65. The Kier molecular flexibility index (Phi) is 5.01. The van der Waals surface area contributed by atoms with Gasteiger partial charge in [0.2, 0.25) is 0 Å². The van der Waals surface area contributed by atoms with Crippen molar-refractivity contribution in [3.8, 4) is 0 Å². The monoisotopic (exact) mass is 211 g/mol. The maximum atomic E-state index is 8.90. The van der Waals surface area contributed by atoms with E-state index in [1.807, 2.05) is 14.0 Å². The van der Waals surface area contributed by atoms with Crippen molar-refractivity contribution in [1.82, 2.24) is 5.32 Å². The van der Waals surface area contributed by atoms with Crippen molar-refractivity contribution in [2.24, 2.45) is 0 Å². The molecule has 1 atom stereocenters. The highest BCUT2D eigenvalue weighted by Gasteiger charge is 2.01. The van der Waals surface area contributed by atoms with Gasteiger partial charge in [0.1, 0.15) is 0 Å². The minimum atomic E-state index is 0.225. The highest BCUT2D eigenvalue weighted by atomic mass is 32.2. The highest BCUT2D eigenvalue weighted by molar-refractivity contribution is 8.00. The molecule has 0 aliphatic carbocycles. The fourth-order valence-electron chi connectivity index (χ4n) is 1.16. The van der Waals surface area contributed by atoms with Crippen molar-refractivity contribution in [3.05, 3.63) is 29.8 Å². The number of nitrogens with one attached hydrogen (secondary N) is 1. The molecular weight excluding hydrogens is 194 g/mol. The van der Waals surface area contributed by atoms with Crippen molar-refractivity contribution >= 4 is 11.8 Å². The Morgan fingerprint density at radius 2 is 2.00 bits per heavy atom. The van der Waals surface area contributed by atoms with Gasteiger partial charge < -0.3 is 10.4 Å². The van der Waals surface area contributed by atoms with Crippen LogP contribution in [0.25, 0.3) is 0 Å². The quantitative estimate of drug-likeness (QED) is 0.729. The molecule has 0 amide bonds. The molecular formula is C11H17NOS. The van der Waals surface area contributed by atoms with Crippen LogP contribution in [0.3, 0.4) is 0 Å². The van der Waals surface area contributed by atoms with Gasteiger partial charge in [-0.3, -0.25) is 0 Å². The Morgan fingerprint density at radius 1 is 1.36 bits per heavy atom. The largest absolute Gasteiger partial charge is 0.395 e. The number of benzene rings is 1. The van der Waals surface area contributed by atoms with Gasteiger partial charge >= 0.3 is 0 Å². The molecule has 0 aliphatic rings.